The van der Waals surface area contributed by atoms with Crippen molar-refractivity contribution in [2.75, 3.05) is 39.6 Å². The average molecular weight is 427 g/mol. The fourth-order valence-electron chi connectivity index (χ4n) is 3.18. The van der Waals surface area contributed by atoms with Crippen molar-refractivity contribution < 1.29 is 4.74 Å². The van der Waals surface area contributed by atoms with E-state index in [4.69, 9.17) is 9.72 Å². The second-order valence-electron chi connectivity index (χ2n) is 7.57. The normalized spacial score (nSPS) is 10.9. The summed E-state index contributed by atoms with van der Waals surface area (Å²) in [7, 11) is 5.90. The zero-order valence-corrected chi connectivity index (χ0v) is 18.5. The van der Waals surface area contributed by atoms with Gasteiger partial charge in [-0.05, 0) is 50.0 Å². The average Bonchev–Trinajstić information content (AvgIpc) is 2.84. The largest absolute Gasteiger partial charge is 0.492 e. The molecule has 4 rings (SSSR count). The van der Waals surface area contributed by atoms with E-state index in [0.29, 0.717) is 12.4 Å². The number of likely N-dealkylation sites (N-methyl/N-ethyl adjacent to an activating group) is 1. The van der Waals surface area contributed by atoms with Crippen LogP contribution in [0.25, 0.3) is 33.9 Å². The molecule has 0 aliphatic carbocycles. The Hall–Kier alpha value is -3.84. The van der Waals surface area contributed by atoms with Gasteiger partial charge in [0.05, 0.1) is 5.69 Å². The monoisotopic (exact) mass is 426 g/mol. The van der Waals surface area contributed by atoms with Gasteiger partial charge in [0, 0.05) is 49.4 Å². The molecule has 1 aromatic carbocycles. The van der Waals surface area contributed by atoms with Gasteiger partial charge in [0.1, 0.15) is 23.9 Å². The first-order valence-electron chi connectivity index (χ1n) is 10.4. The molecule has 0 radical (unpaired) electrons. The summed E-state index contributed by atoms with van der Waals surface area (Å²) in [6.45, 7) is 1.50. The number of rotatable bonds is 8. The van der Waals surface area contributed by atoms with Gasteiger partial charge in [0.15, 0.2) is 5.82 Å². The fourth-order valence-corrected chi connectivity index (χ4v) is 3.18. The number of nitrogens with one attached hydrogen (secondary N) is 1. The first-order valence-corrected chi connectivity index (χ1v) is 10.4. The van der Waals surface area contributed by atoms with E-state index in [0.717, 1.165) is 46.2 Å². The molecule has 4 aromatic rings. The lowest BCUT2D eigenvalue weighted by Gasteiger charge is -2.12. The van der Waals surface area contributed by atoms with E-state index in [1.54, 1.807) is 6.20 Å². The van der Waals surface area contributed by atoms with Crippen molar-refractivity contribution in [3.05, 3.63) is 73.2 Å². The molecule has 1 N–H and O–H groups in total. The van der Waals surface area contributed by atoms with Crippen LogP contribution in [-0.4, -0.2) is 59.1 Å². The van der Waals surface area contributed by atoms with E-state index in [1.807, 2.05) is 76.0 Å². The molecule has 7 heteroatoms. The van der Waals surface area contributed by atoms with E-state index in [1.165, 1.54) is 0 Å². The molecule has 0 amide bonds. The van der Waals surface area contributed by atoms with Gasteiger partial charge in [-0.25, -0.2) is 9.97 Å². The molecule has 0 aliphatic rings. The molecule has 3 aromatic heterocycles. The third-order valence-electron chi connectivity index (χ3n) is 4.88. The summed E-state index contributed by atoms with van der Waals surface area (Å²) in [6, 6.07) is 17.7. The second-order valence-corrected chi connectivity index (χ2v) is 7.57. The highest BCUT2D eigenvalue weighted by atomic mass is 16.5. The SMILES string of the molecule is CNc1cc(-c2cncc(-c3cccc(OCCN(C)C)c3)c2)nc(-c2ccccn2)n1. The first kappa shape index (κ1) is 21.4. The van der Waals surface area contributed by atoms with Gasteiger partial charge in [-0.2, -0.15) is 0 Å². The maximum absolute atomic E-state index is 5.89. The van der Waals surface area contributed by atoms with Gasteiger partial charge >= 0.3 is 0 Å². The van der Waals surface area contributed by atoms with Crippen molar-refractivity contribution in [2.45, 2.75) is 0 Å². The lowest BCUT2D eigenvalue weighted by Crippen LogP contribution is -2.19. The van der Waals surface area contributed by atoms with Gasteiger partial charge in [0.25, 0.3) is 0 Å². The van der Waals surface area contributed by atoms with Crippen molar-refractivity contribution >= 4 is 5.82 Å². The van der Waals surface area contributed by atoms with Crippen LogP contribution in [0.4, 0.5) is 5.82 Å². The van der Waals surface area contributed by atoms with Crippen LogP contribution in [-0.2, 0) is 0 Å². The molecular formula is C25H26N6O. The van der Waals surface area contributed by atoms with E-state index in [-0.39, 0.29) is 0 Å². The van der Waals surface area contributed by atoms with E-state index in [2.05, 4.69) is 37.3 Å². The topological polar surface area (TPSA) is 76.1 Å². The summed E-state index contributed by atoms with van der Waals surface area (Å²) in [6.07, 6.45) is 5.40. The summed E-state index contributed by atoms with van der Waals surface area (Å²) in [5.74, 6) is 2.12. The van der Waals surface area contributed by atoms with Gasteiger partial charge in [-0.1, -0.05) is 18.2 Å². The Kier molecular flexibility index (Phi) is 6.67. The first-order chi connectivity index (χ1) is 15.6. The highest BCUT2D eigenvalue weighted by Gasteiger charge is 2.11. The van der Waals surface area contributed by atoms with Gasteiger partial charge in [0.2, 0.25) is 0 Å². The zero-order valence-electron chi connectivity index (χ0n) is 18.5. The van der Waals surface area contributed by atoms with E-state index in [9.17, 15) is 0 Å². The number of hydrogen-bond donors (Lipinski definition) is 1. The lowest BCUT2D eigenvalue weighted by atomic mass is 10.0. The summed E-state index contributed by atoms with van der Waals surface area (Å²) < 4.78 is 5.89. The minimum atomic E-state index is 0.564. The molecule has 0 unspecified atom stereocenters. The summed E-state index contributed by atoms with van der Waals surface area (Å²) in [5, 5.41) is 3.11. The maximum Gasteiger partial charge on any atom is 0.180 e. The molecule has 0 fully saturated rings. The third kappa shape index (κ3) is 5.25. The highest BCUT2D eigenvalue weighted by Crippen LogP contribution is 2.28. The maximum atomic E-state index is 5.89. The van der Waals surface area contributed by atoms with Crippen LogP contribution in [0.2, 0.25) is 0 Å². The van der Waals surface area contributed by atoms with Crippen molar-refractivity contribution in [2.24, 2.45) is 0 Å². The highest BCUT2D eigenvalue weighted by molar-refractivity contribution is 5.73. The van der Waals surface area contributed by atoms with Crippen molar-refractivity contribution in [3.63, 3.8) is 0 Å². The minimum absolute atomic E-state index is 0.564. The lowest BCUT2D eigenvalue weighted by molar-refractivity contribution is 0.261. The van der Waals surface area contributed by atoms with Crippen LogP contribution in [0.5, 0.6) is 5.75 Å². The molecule has 0 saturated carbocycles. The molecule has 7 nitrogen and oxygen atoms in total. The molecule has 0 aliphatic heterocycles. The Labute approximate surface area is 188 Å². The van der Waals surface area contributed by atoms with Crippen LogP contribution in [0.1, 0.15) is 0 Å². The van der Waals surface area contributed by atoms with Crippen LogP contribution in [0.15, 0.2) is 73.2 Å². The quantitative estimate of drug-likeness (QED) is 0.451. The van der Waals surface area contributed by atoms with Crippen molar-refractivity contribution in [1.82, 2.24) is 24.8 Å². The summed E-state index contributed by atoms with van der Waals surface area (Å²) in [4.78, 5) is 20.2. The van der Waals surface area contributed by atoms with E-state index >= 15 is 0 Å². The number of nitrogens with zero attached hydrogens (tertiary/aromatic N) is 5. The van der Waals surface area contributed by atoms with Crippen molar-refractivity contribution in [1.29, 1.82) is 0 Å². The summed E-state index contributed by atoms with van der Waals surface area (Å²) in [5.41, 5.74) is 4.42. The molecule has 0 bridgehead atoms. The van der Waals surface area contributed by atoms with E-state index < -0.39 is 0 Å². The number of hydrogen-bond acceptors (Lipinski definition) is 7. The van der Waals surface area contributed by atoms with Crippen LogP contribution in [0.3, 0.4) is 0 Å². The predicted molar refractivity (Wildman–Crippen MR) is 128 cm³/mol. The van der Waals surface area contributed by atoms with Crippen molar-refractivity contribution in [3.8, 4) is 39.7 Å². The predicted octanol–water partition coefficient (Wildman–Crippen LogP) is 4.25. The molecular weight excluding hydrogens is 400 g/mol. The standard InChI is InChI=1S/C25H26N6O/c1-26-24-15-23(29-25(30-24)22-9-4-5-10-28-22)20-13-19(16-27-17-20)18-7-6-8-21(14-18)32-12-11-31(2)3/h4-10,13-17H,11-12H2,1-3H3,(H,26,29,30). The third-order valence-corrected chi connectivity index (χ3v) is 4.88. The Bertz CT molecular complexity index is 1180. The number of aromatic nitrogens is 4. The van der Waals surface area contributed by atoms with Crippen LogP contribution < -0.4 is 10.1 Å². The Morgan fingerprint density at radius 3 is 2.53 bits per heavy atom. The number of benzene rings is 1. The molecule has 162 valence electrons. The number of pyridine rings is 2. The molecule has 3 heterocycles. The summed E-state index contributed by atoms with van der Waals surface area (Å²) >= 11 is 0. The molecule has 0 spiro atoms. The Balaban J connectivity index is 1.65. The van der Waals surface area contributed by atoms with Gasteiger partial charge in [-0.15, -0.1) is 0 Å². The minimum Gasteiger partial charge on any atom is -0.492 e. The Morgan fingerprint density at radius 2 is 1.75 bits per heavy atom. The number of anilines is 1. The molecule has 32 heavy (non-hydrogen) atoms. The Morgan fingerprint density at radius 1 is 0.875 bits per heavy atom. The second kappa shape index (κ2) is 9.98. The zero-order chi connectivity index (χ0) is 22.3. The van der Waals surface area contributed by atoms with Crippen LogP contribution >= 0.6 is 0 Å². The van der Waals surface area contributed by atoms with Gasteiger partial charge in [-0.3, -0.25) is 9.97 Å². The number of ether oxygens (including phenoxy) is 1. The fraction of sp³-hybridized carbons (Fsp3) is 0.200. The molecule has 0 atom stereocenters. The van der Waals surface area contributed by atoms with Crippen LogP contribution in [0, 0.1) is 0 Å². The van der Waals surface area contributed by atoms with Gasteiger partial charge < -0.3 is 15.0 Å². The molecule has 0 saturated heterocycles. The smallest absolute Gasteiger partial charge is 0.180 e.